The number of nitrogens with zero attached hydrogens (tertiary/aromatic N) is 5. The molecule has 1 saturated heterocycles. The molecule has 0 spiro atoms. The zero-order valence-corrected chi connectivity index (χ0v) is 16.2. The van der Waals surface area contributed by atoms with Crippen molar-refractivity contribution in [2.24, 2.45) is 13.0 Å². The fourth-order valence-electron chi connectivity index (χ4n) is 3.55. The lowest BCUT2D eigenvalue weighted by Gasteiger charge is -2.33. The van der Waals surface area contributed by atoms with E-state index in [1.807, 2.05) is 14.1 Å². The van der Waals surface area contributed by atoms with Crippen LogP contribution in [0, 0.1) is 11.7 Å². The second kappa shape index (κ2) is 7.26. The van der Waals surface area contributed by atoms with E-state index < -0.39 is 0 Å². The van der Waals surface area contributed by atoms with E-state index in [4.69, 9.17) is 0 Å². The van der Waals surface area contributed by atoms with Crippen LogP contribution >= 0.6 is 11.3 Å². The Morgan fingerprint density at radius 3 is 2.85 bits per heavy atom. The lowest BCUT2D eigenvalue weighted by molar-refractivity contribution is 0.0765. The highest BCUT2D eigenvalue weighted by Crippen LogP contribution is 2.32. The van der Waals surface area contributed by atoms with Crippen LogP contribution in [0.3, 0.4) is 0 Å². The van der Waals surface area contributed by atoms with Gasteiger partial charge in [0.1, 0.15) is 5.82 Å². The van der Waals surface area contributed by atoms with Crippen molar-refractivity contribution < 1.29 is 9.18 Å². The van der Waals surface area contributed by atoms with Gasteiger partial charge in [0.05, 0.1) is 22.0 Å². The van der Waals surface area contributed by atoms with E-state index in [1.165, 1.54) is 17.4 Å². The molecule has 0 saturated carbocycles. The zero-order valence-electron chi connectivity index (χ0n) is 15.4. The van der Waals surface area contributed by atoms with Crippen LogP contribution in [0.1, 0.15) is 23.2 Å². The van der Waals surface area contributed by atoms with Gasteiger partial charge < -0.3 is 9.80 Å². The third-order valence-corrected chi connectivity index (χ3v) is 6.13. The summed E-state index contributed by atoms with van der Waals surface area (Å²) < 4.78 is 15.9. The summed E-state index contributed by atoms with van der Waals surface area (Å²) in [6.07, 6.45) is 5.37. The number of carbonyl (C=O) groups excluding carboxylic acids is 1. The first-order valence-electron chi connectivity index (χ1n) is 9.05. The molecule has 3 aromatic rings. The Morgan fingerprint density at radius 2 is 2.15 bits per heavy atom. The van der Waals surface area contributed by atoms with Crippen molar-refractivity contribution >= 4 is 32.6 Å². The normalized spacial score (nSPS) is 15.4. The first kappa shape index (κ1) is 17.9. The van der Waals surface area contributed by atoms with Crippen molar-refractivity contribution in [3.63, 3.8) is 0 Å². The molecule has 1 fully saturated rings. The molecule has 3 heterocycles. The highest BCUT2D eigenvalue weighted by Gasteiger charge is 2.24. The number of carbonyl (C=O) groups is 1. The van der Waals surface area contributed by atoms with Crippen molar-refractivity contribution in [2.75, 3.05) is 31.6 Å². The molecule has 8 heteroatoms. The van der Waals surface area contributed by atoms with E-state index >= 15 is 0 Å². The quantitative estimate of drug-likeness (QED) is 0.690. The maximum absolute atomic E-state index is 13.4. The van der Waals surface area contributed by atoms with Crippen molar-refractivity contribution in [1.82, 2.24) is 19.7 Å². The Hall–Kier alpha value is -2.48. The molecule has 0 bridgehead atoms. The highest BCUT2D eigenvalue weighted by atomic mass is 32.1. The van der Waals surface area contributed by atoms with Gasteiger partial charge in [-0.05, 0) is 37.0 Å². The molecule has 1 aliphatic rings. The first-order valence-corrected chi connectivity index (χ1v) is 9.86. The number of amides is 1. The van der Waals surface area contributed by atoms with Crippen LogP contribution in [-0.2, 0) is 7.05 Å². The minimum Gasteiger partial charge on any atom is -0.348 e. The summed E-state index contributed by atoms with van der Waals surface area (Å²) in [5, 5.41) is 5.02. The highest BCUT2D eigenvalue weighted by molar-refractivity contribution is 7.22. The number of thiazole rings is 1. The number of hydrogen-bond donors (Lipinski definition) is 0. The summed E-state index contributed by atoms with van der Waals surface area (Å²) in [7, 11) is 3.66. The fourth-order valence-corrected chi connectivity index (χ4v) is 4.59. The predicted octanol–water partition coefficient (Wildman–Crippen LogP) is 3.16. The van der Waals surface area contributed by atoms with Crippen LogP contribution in [0.5, 0.6) is 0 Å². The summed E-state index contributed by atoms with van der Waals surface area (Å²) >= 11 is 1.54. The average molecular weight is 387 g/mol. The fraction of sp³-hybridized carbons (Fsp3) is 0.421. The van der Waals surface area contributed by atoms with Crippen LogP contribution in [0.4, 0.5) is 9.52 Å². The number of piperidine rings is 1. The SMILES string of the molecule is CN(CC1CCN(c2nc3ccc(F)cc3s2)CC1)C(=O)c1cnn(C)c1. The second-order valence-electron chi connectivity index (χ2n) is 7.13. The molecule has 142 valence electrons. The van der Waals surface area contributed by atoms with Crippen LogP contribution in [-0.4, -0.2) is 52.3 Å². The van der Waals surface area contributed by atoms with Crippen molar-refractivity contribution in [3.05, 3.63) is 42.0 Å². The standard InChI is InChI=1S/C19H22FN5OS/c1-23(18(26)14-10-21-24(2)12-14)11-13-5-7-25(8-6-13)19-22-16-4-3-15(20)9-17(16)27-19/h3-4,9-10,12-13H,5-8,11H2,1-2H3. The topological polar surface area (TPSA) is 54.3 Å². The number of benzene rings is 1. The number of fused-ring (bicyclic) bond motifs is 1. The van der Waals surface area contributed by atoms with Gasteiger partial charge in [-0.1, -0.05) is 11.3 Å². The smallest absolute Gasteiger partial charge is 0.256 e. The number of hydrogen-bond acceptors (Lipinski definition) is 5. The molecule has 4 rings (SSSR count). The van der Waals surface area contributed by atoms with E-state index in [-0.39, 0.29) is 11.7 Å². The molecule has 0 unspecified atom stereocenters. The summed E-state index contributed by atoms with van der Waals surface area (Å²) in [6.45, 7) is 2.55. The third-order valence-electron chi connectivity index (χ3n) is 5.05. The molecule has 0 N–H and O–H groups in total. The Kier molecular flexibility index (Phi) is 4.82. The van der Waals surface area contributed by atoms with Crippen molar-refractivity contribution in [3.8, 4) is 0 Å². The molecular weight excluding hydrogens is 365 g/mol. The number of anilines is 1. The Balaban J connectivity index is 1.34. The third kappa shape index (κ3) is 3.80. The summed E-state index contributed by atoms with van der Waals surface area (Å²) in [5.74, 6) is 0.259. The van der Waals surface area contributed by atoms with Crippen LogP contribution in [0.15, 0.2) is 30.6 Å². The monoisotopic (exact) mass is 387 g/mol. The number of halogens is 1. The Morgan fingerprint density at radius 1 is 1.37 bits per heavy atom. The molecule has 27 heavy (non-hydrogen) atoms. The van der Waals surface area contributed by atoms with Crippen molar-refractivity contribution in [2.45, 2.75) is 12.8 Å². The minimum absolute atomic E-state index is 0.0127. The summed E-state index contributed by atoms with van der Waals surface area (Å²) in [6, 6.07) is 4.73. The summed E-state index contributed by atoms with van der Waals surface area (Å²) in [5.41, 5.74) is 1.47. The van der Waals surface area contributed by atoms with E-state index in [0.717, 1.165) is 47.8 Å². The molecule has 0 aliphatic carbocycles. The molecule has 2 aromatic heterocycles. The van der Waals surface area contributed by atoms with Crippen LogP contribution in [0.25, 0.3) is 10.2 Å². The van der Waals surface area contributed by atoms with Gasteiger partial charge in [-0.3, -0.25) is 9.48 Å². The predicted molar refractivity (Wildman–Crippen MR) is 105 cm³/mol. The molecule has 6 nitrogen and oxygen atoms in total. The van der Waals surface area contributed by atoms with Gasteiger partial charge in [0.2, 0.25) is 0 Å². The second-order valence-corrected chi connectivity index (χ2v) is 8.14. The number of rotatable bonds is 4. The van der Waals surface area contributed by atoms with Gasteiger partial charge >= 0.3 is 0 Å². The molecule has 0 atom stereocenters. The molecule has 0 radical (unpaired) electrons. The van der Waals surface area contributed by atoms with Gasteiger partial charge in [0, 0.05) is 39.9 Å². The van der Waals surface area contributed by atoms with Gasteiger partial charge in [-0.15, -0.1) is 0 Å². The lowest BCUT2D eigenvalue weighted by atomic mass is 9.96. The van der Waals surface area contributed by atoms with Crippen molar-refractivity contribution in [1.29, 1.82) is 0 Å². The molecular formula is C19H22FN5OS. The number of aryl methyl sites for hydroxylation is 1. The largest absolute Gasteiger partial charge is 0.348 e. The Bertz CT molecular complexity index is 960. The lowest BCUT2D eigenvalue weighted by Crippen LogP contribution is -2.39. The van der Waals surface area contributed by atoms with Gasteiger partial charge in [-0.2, -0.15) is 5.10 Å². The van der Waals surface area contributed by atoms with E-state index in [0.29, 0.717) is 11.5 Å². The van der Waals surface area contributed by atoms with Crippen LogP contribution in [0.2, 0.25) is 0 Å². The molecule has 1 aromatic carbocycles. The summed E-state index contributed by atoms with van der Waals surface area (Å²) in [4.78, 5) is 21.2. The molecule has 1 aliphatic heterocycles. The van der Waals surface area contributed by atoms with E-state index in [2.05, 4.69) is 15.0 Å². The van der Waals surface area contributed by atoms with Gasteiger partial charge in [0.25, 0.3) is 5.91 Å². The van der Waals surface area contributed by atoms with Gasteiger partial charge in [-0.25, -0.2) is 9.37 Å². The average Bonchev–Trinajstić information content (AvgIpc) is 3.27. The maximum Gasteiger partial charge on any atom is 0.256 e. The minimum atomic E-state index is -0.224. The first-order chi connectivity index (χ1) is 13.0. The van der Waals surface area contributed by atoms with E-state index in [9.17, 15) is 9.18 Å². The zero-order chi connectivity index (χ0) is 19.0. The molecule has 1 amide bonds. The maximum atomic E-state index is 13.4. The van der Waals surface area contributed by atoms with E-state index in [1.54, 1.807) is 34.1 Å². The van der Waals surface area contributed by atoms with Gasteiger partial charge in [0.15, 0.2) is 5.13 Å². The Labute approximate surface area is 161 Å². The van der Waals surface area contributed by atoms with Crippen LogP contribution < -0.4 is 4.90 Å². The number of aromatic nitrogens is 3.